The van der Waals surface area contributed by atoms with Crippen molar-refractivity contribution in [2.45, 2.75) is 32.8 Å². The number of benzene rings is 1. The lowest BCUT2D eigenvalue weighted by Crippen LogP contribution is -2.14. The maximum absolute atomic E-state index is 5.95. The van der Waals surface area contributed by atoms with E-state index in [1.54, 1.807) is 7.11 Å². The van der Waals surface area contributed by atoms with Crippen LogP contribution in [0, 0.1) is 0 Å². The van der Waals surface area contributed by atoms with Crippen LogP contribution in [0.3, 0.4) is 0 Å². The monoisotopic (exact) mass is 212 g/mol. The second-order valence-electron chi connectivity index (χ2n) is 4.48. The lowest BCUT2D eigenvalue weighted by atomic mass is 9.84. The quantitative estimate of drug-likeness (QED) is 0.725. The second kappa shape index (κ2) is 4.33. The van der Waals surface area contributed by atoms with E-state index in [1.165, 1.54) is 11.1 Å². The van der Waals surface area contributed by atoms with E-state index >= 15 is 0 Å². The minimum absolute atomic E-state index is 0.137. The number of hydrogen-bond donors (Lipinski definition) is 0. The highest BCUT2D eigenvalue weighted by Crippen LogP contribution is 2.28. The Morgan fingerprint density at radius 3 is 2.43 bits per heavy atom. The van der Waals surface area contributed by atoms with Gasteiger partial charge in [0.1, 0.15) is 0 Å². The summed E-state index contributed by atoms with van der Waals surface area (Å²) >= 11 is 5.95. The first-order valence-corrected chi connectivity index (χ1v) is 5.11. The lowest BCUT2D eigenvalue weighted by molar-refractivity contribution is 0.183. The summed E-state index contributed by atoms with van der Waals surface area (Å²) in [4.78, 5) is 0. The van der Waals surface area contributed by atoms with Crippen LogP contribution >= 0.6 is 11.6 Å². The average Bonchev–Trinajstić information content (AvgIpc) is 2.02. The maximum Gasteiger partial charge on any atom is 0.0716 e. The minimum atomic E-state index is 0.137. The first-order chi connectivity index (χ1) is 6.45. The van der Waals surface area contributed by atoms with Gasteiger partial charge in [-0.05, 0) is 28.7 Å². The molecule has 14 heavy (non-hydrogen) atoms. The summed E-state index contributed by atoms with van der Waals surface area (Å²) in [5.41, 5.74) is 2.61. The van der Waals surface area contributed by atoms with E-state index in [2.05, 4.69) is 26.8 Å². The SMILES string of the molecule is COCc1cc(Cl)ccc1C(C)(C)C. The molecule has 0 heterocycles. The van der Waals surface area contributed by atoms with Gasteiger partial charge in [0.15, 0.2) is 0 Å². The fourth-order valence-corrected chi connectivity index (χ4v) is 1.76. The fourth-order valence-electron chi connectivity index (χ4n) is 1.57. The fraction of sp³-hybridized carbons (Fsp3) is 0.500. The van der Waals surface area contributed by atoms with Gasteiger partial charge in [0.25, 0.3) is 0 Å². The summed E-state index contributed by atoms with van der Waals surface area (Å²) in [6.45, 7) is 7.19. The summed E-state index contributed by atoms with van der Waals surface area (Å²) in [6.07, 6.45) is 0. The van der Waals surface area contributed by atoms with Crippen molar-refractivity contribution in [3.05, 3.63) is 34.3 Å². The third kappa shape index (κ3) is 2.73. The van der Waals surface area contributed by atoms with Crippen LogP contribution in [-0.4, -0.2) is 7.11 Å². The molecule has 0 aliphatic rings. The topological polar surface area (TPSA) is 9.23 Å². The zero-order valence-corrected chi connectivity index (χ0v) is 9.98. The van der Waals surface area contributed by atoms with E-state index in [4.69, 9.17) is 16.3 Å². The summed E-state index contributed by atoms with van der Waals surface area (Å²) in [7, 11) is 1.70. The number of ether oxygens (including phenoxy) is 1. The molecule has 0 spiro atoms. The van der Waals surface area contributed by atoms with Crippen molar-refractivity contribution >= 4 is 11.6 Å². The van der Waals surface area contributed by atoms with Crippen LogP contribution in [0.1, 0.15) is 31.9 Å². The average molecular weight is 213 g/mol. The third-order valence-corrected chi connectivity index (χ3v) is 2.41. The predicted octanol–water partition coefficient (Wildman–Crippen LogP) is 3.78. The highest BCUT2D eigenvalue weighted by atomic mass is 35.5. The second-order valence-corrected chi connectivity index (χ2v) is 4.92. The Bertz CT molecular complexity index is 313. The van der Waals surface area contributed by atoms with E-state index in [9.17, 15) is 0 Å². The van der Waals surface area contributed by atoms with Gasteiger partial charge < -0.3 is 4.74 Å². The van der Waals surface area contributed by atoms with Gasteiger partial charge in [-0.1, -0.05) is 38.4 Å². The van der Waals surface area contributed by atoms with Gasteiger partial charge in [0.05, 0.1) is 6.61 Å². The van der Waals surface area contributed by atoms with Crippen molar-refractivity contribution in [1.82, 2.24) is 0 Å². The maximum atomic E-state index is 5.95. The number of halogens is 1. The van der Waals surface area contributed by atoms with Gasteiger partial charge in [-0.3, -0.25) is 0 Å². The van der Waals surface area contributed by atoms with Crippen molar-refractivity contribution in [3.63, 3.8) is 0 Å². The highest BCUT2D eigenvalue weighted by molar-refractivity contribution is 6.30. The number of hydrogen-bond acceptors (Lipinski definition) is 1. The standard InChI is InChI=1S/C12H17ClO/c1-12(2,3)11-6-5-10(13)7-9(11)8-14-4/h5-7H,8H2,1-4H3. The van der Waals surface area contributed by atoms with Gasteiger partial charge in [-0.15, -0.1) is 0 Å². The van der Waals surface area contributed by atoms with E-state index in [0.29, 0.717) is 6.61 Å². The molecule has 0 saturated heterocycles. The van der Waals surface area contributed by atoms with Crippen molar-refractivity contribution in [1.29, 1.82) is 0 Å². The van der Waals surface area contributed by atoms with Crippen molar-refractivity contribution in [2.24, 2.45) is 0 Å². The summed E-state index contributed by atoms with van der Waals surface area (Å²) in [5.74, 6) is 0. The normalized spacial score (nSPS) is 11.8. The minimum Gasteiger partial charge on any atom is -0.380 e. The third-order valence-electron chi connectivity index (χ3n) is 2.18. The molecule has 78 valence electrons. The van der Waals surface area contributed by atoms with Gasteiger partial charge in [0, 0.05) is 12.1 Å². The molecule has 0 aliphatic carbocycles. The molecule has 0 bridgehead atoms. The van der Waals surface area contributed by atoms with E-state index in [1.807, 2.05) is 12.1 Å². The molecule has 0 amide bonds. The van der Waals surface area contributed by atoms with E-state index in [0.717, 1.165) is 5.02 Å². The Labute approximate surface area is 91.0 Å². The lowest BCUT2D eigenvalue weighted by Gasteiger charge is -2.22. The molecule has 0 fully saturated rings. The van der Waals surface area contributed by atoms with E-state index < -0.39 is 0 Å². The molecule has 0 atom stereocenters. The number of rotatable bonds is 2. The van der Waals surface area contributed by atoms with Crippen molar-refractivity contribution in [3.8, 4) is 0 Å². The van der Waals surface area contributed by atoms with Gasteiger partial charge >= 0.3 is 0 Å². The zero-order valence-electron chi connectivity index (χ0n) is 9.23. The Morgan fingerprint density at radius 2 is 1.93 bits per heavy atom. The van der Waals surface area contributed by atoms with Crippen LogP contribution in [0.25, 0.3) is 0 Å². The molecule has 0 unspecified atom stereocenters. The van der Waals surface area contributed by atoms with Crippen LogP contribution in [0.15, 0.2) is 18.2 Å². The molecule has 0 saturated carbocycles. The Balaban J connectivity index is 3.15. The smallest absolute Gasteiger partial charge is 0.0716 e. The van der Waals surface area contributed by atoms with Crippen LogP contribution < -0.4 is 0 Å². The largest absolute Gasteiger partial charge is 0.380 e. The first kappa shape index (κ1) is 11.5. The van der Waals surface area contributed by atoms with Gasteiger partial charge in [0.2, 0.25) is 0 Å². The van der Waals surface area contributed by atoms with E-state index in [-0.39, 0.29) is 5.41 Å². The molecule has 1 rings (SSSR count). The molecule has 0 aromatic heterocycles. The predicted molar refractivity (Wildman–Crippen MR) is 60.9 cm³/mol. The van der Waals surface area contributed by atoms with Gasteiger partial charge in [-0.25, -0.2) is 0 Å². The van der Waals surface area contributed by atoms with Crippen molar-refractivity contribution < 1.29 is 4.74 Å². The van der Waals surface area contributed by atoms with Crippen molar-refractivity contribution in [2.75, 3.05) is 7.11 Å². The Hall–Kier alpha value is -0.530. The molecule has 0 N–H and O–H groups in total. The Kier molecular flexibility index (Phi) is 3.57. The summed E-state index contributed by atoms with van der Waals surface area (Å²) in [6, 6.07) is 5.99. The molecule has 2 heteroatoms. The van der Waals surface area contributed by atoms with Gasteiger partial charge in [-0.2, -0.15) is 0 Å². The molecular weight excluding hydrogens is 196 g/mol. The molecule has 1 nitrogen and oxygen atoms in total. The molecular formula is C12H17ClO. The zero-order chi connectivity index (χ0) is 10.8. The molecule has 0 aliphatic heterocycles. The summed E-state index contributed by atoms with van der Waals surface area (Å²) in [5, 5.41) is 0.769. The van der Waals surface area contributed by atoms with Crippen LogP contribution in [0.5, 0.6) is 0 Å². The molecule has 0 radical (unpaired) electrons. The van der Waals surface area contributed by atoms with Crippen LogP contribution in [0.2, 0.25) is 5.02 Å². The van der Waals surface area contributed by atoms with Crippen LogP contribution in [0.4, 0.5) is 0 Å². The van der Waals surface area contributed by atoms with Crippen LogP contribution in [-0.2, 0) is 16.8 Å². The summed E-state index contributed by atoms with van der Waals surface area (Å²) < 4.78 is 5.16. The first-order valence-electron chi connectivity index (χ1n) is 4.73. The molecule has 1 aromatic carbocycles. The Morgan fingerprint density at radius 1 is 1.29 bits per heavy atom. The number of methoxy groups -OCH3 is 1. The highest BCUT2D eigenvalue weighted by Gasteiger charge is 2.17. The molecule has 1 aromatic rings.